The summed E-state index contributed by atoms with van der Waals surface area (Å²) >= 11 is 0. The van der Waals surface area contributed by atoms with Crippen molar-refractivity contribution < 1.29 is 4.39 Å². The van der Waals surface area contributed by atoms with E-state index in [0.717, 1.165) is 26.2 Å². The normalized spacial score (nSPS) is 15.8. The van der Waals surface area contributed by atoms with Crippen LogP contribution in [0.15, 0.2) is 36.7 Å². The number of anilines is 2. The fourth-order valence-electron chi connectivity index (χ4n) is 2.81. The molecule has 4 nitrogen and oxygen atoms in total. The highest BCUT2D eigenvalue weighted by atomic mass is 19.1. The molecule has 3 rings (SSSR count). The van der Waals surface area contributed by atoms with Crippen LogP contribution in [0.3, 0.4) is 0 Å². The van der Waals surface area contributed by atoms with Crippen molar-refractivity contribution in [2.24, 2.45) is 0 Å². The molecule has 1 fully saturated rings. The molecule has 2 aromatic rings. The minimum atomic E-state index is -0.397. The lowest BCUT2D eigenvalue weighted by molar-refractivity contribution is 0.589. The van der Waals surface area contributed by atoms with E-state index < -0.39 is 5.82 Å². The van der Waals surface area contributed by atoms with Gasteiger partial charge < -0.3 is 9.80 Å². The van der Waals surface area contributed by atoms with Gasteiger partial charge in [0.1, 0.15) is 0 Å². The van der Waals surface area contributed by atoms with Crippen LogP contribution in [-0.2, 0) is 5.41 Å². The Bertz CT molecular complexity index is 638. The van der Waals surface area contributed by atoms with E-state index in [-0.39, 0.29) is 5.41 Å². The second-order valence-corrected chi connectivity index (χ2v) is 6.97. The number of halogens is 1. The highest BCUT2D eigenvalue weighted by Crippen LogP contribution is 2.25. The van der Waals surface area contributed by atoms with Gasteiger partial charge in [-0.25, -0.2) is 14.4 Å². The average Bonchev–Trinajstić information content (AvgIpc) is 2.55. The molecule has 5 heteroatoms. The fraction of sp³-hybridized carbons (Fsp3) is 0.444. The maximum absolute atomic E-state index is 12.9. The Balaban J connectivity index is 1.63. The molecule has 0 spiro atoms. The molecular weight excluding hydrogens is 291 g/mol. The Kier molecular flexibility index (Phi) is 4.20. The maximum atomic E-state index is 12.9. The maximum Gasteiger partial charge on any atom is 0.225 e. The molecule has 1 saturated heterocycles. The first kappa shape index (κ1) is 15.7. The van der Waals surface area contributed by atoms with Gasteiger partial charge >= 0.3 is 0 Å². The summed E-state index contributed by atoms with van der Waals surface area (Å²) in [5.41, 5.74) is 2.77. The molecule has 0 unspecified atom stereocenters. The van der Waals surface area contributed by atoms with Crippen molar-refractivity contribution in [3.63, 3.8) is 0 Å². The van der Waals surface area contributed by atoms with Crippen LogP contribution in [0, 0.1) is 5.82 Å². The summed E-state index contributed by atoms with van der Waals surface area (Å²) in [5.74, 6) is 0.209. The molecule has 0 saturated carbocycles. The standard InChI is InChI=1S/C18H23FN4/c1-18(2,3)14-4-6-16(7-5-14)22-8-10-23(11-9-22)17-20-12-15(19)13-21-17/h4-7,12-13H,8-11H2,1-3H3. The van der Waals surface area contributed by atoms with Crippen molar-refractivity contribution in [1.29, 1.82) is 0 Å². The number of benzene rings is 1. The molecule has 0 bridgehead atoms. The first-order valence-corrected chi connectivity index (χ1v) is 8.01. The average molecular weight is 314 g/mol. The highest BCUT2D eigenvalue weighted by Gasteiger charge is 2.20. The zero-order valence-electron chi connectivity index (χ0n) is 14.0. The van der Waals surface area contributed by atoms with E-state index in [4.69, 9.17) is 0 Å². The Morgan fingerprint density at radius 2 is 1.39 bits per heavy atom. The number of rotatable bonds is 2. The summed E-state index contributed by atoms with van der Waals surface area (Å²) in [7, 11) is 0. The Morgan fingerprint density at radius 1 is 0.870 bits per heavy atom. The lowest BCUT2D eigenvalue weighted by Gasteiger charge is -2.36. The quantitative estimate of drug-likeness (QED) is 0.852. The lowest BCUT2D eigenvalue weighted by atomic mass is 9.87. The molecule has 2 heterocycles. The van der Waals surface area contributed by atoms with Gasteiger partial charge in [-0.2, -0.15) is 0 Å². The number of piperazine rings is 1. The van der Waals surface area contributed by atoms with Crippen LogP contribution < -0.4 is 9.80 Å². The smallest absolute Gasteiger partial charge is 0.225 e. The van der Waals surface area contributed by atoms with E-state index in [0.29, 0.717) is 5.95 Å². The molecule has 0 atom stereocenters. The van der Waals surface area contributed by atoms with Crippen LogP contribution in [0.1, 0.15) is 26.3 Å². The fourth-order valence-corrected chi connectivity index (χ4v) is 2.81. The lowest BCUT2D eigenvalue weighted by Crippen LogP contribution is -2.47. The molecule has 0 N–H and O–H groups in total. The van der Waals surface area contributed by atoms with E-state index in [9.17, 15) is 4.39 Å². The number of nitrogens with zero attached hydrogens (tertiary/aromatic N) is 4. The first-order chi connectivity index (χ1) is 10.9. The Morgan fingerprint density at radius 3 is 1.91 bits per heavy atom. The van der Waals surface area contributed by atoms with Crippen LogP contribution in [-0.4, -0.2) is 36.1 Å². The van der Waals surface area contributed by atoms with Crippen LogP contribution in [0.5, 0.6) is 0 Å². The van der Waals surface area contributed by atoms with Gasteiger partial charge in [-0.1, -0.05) is 32.9 Å². The second kappa shape index (κ2) is 6.14. The number of hydrogen-bond acceptors (Lipinski definition) is 4. The van der Waals surface area contributed by atoms with Crippen LogP contribution in [0.25, 0.3) is 0 Å². The molecule has 1 aromatic carbocycles. The highest BCUT2D eigenvalue weighted by molar-refractivity contribution is 5.50. The predicted molar refractivity (Wildman–Crippen MR) is 91.6 cm³/mol. The molecule has 23 heavy (non-hydrogen) atoms. The third-order valence-corrected chi connectivity index (χ3v) is 4.27. The first-order valence-electron chi connectivity index (χ1n) is 8.01. The minimum absolute atomic E-state index is 0.178. The zero-order valence-corrected chi connectivity index (χ0v) is 14.0. The summed E-state index contributed by atoms with van der Waals surface area (Å²) in [5, 5.41) is 0. The van der Waals surface area contributed by atoms with Crippen molar-refractivity contribution in [3.8, 4) is 0 Å². The van der Waals surface area contributed by atoms with Crippen LogP contribution >= 0.6 is 0 Å². The molecule has 0 amide bonds. The zero-order chi connectivity index (χ0) is 16.4. The third-order valence-electron chi connectivity index (χ3n) is 4.27. The molecule has 122 valence electrons. The van der Waals surface area contributed by atoms with E-state index >= 15 is 0 Å². The van der Waals surface area contributed by atoms with Crippen molar-refractivity contribution in [2.75, 3.05) is 36.0 Å². The van der Waals surface area contributed by atoms with Gasteiger partial charge in [0, 0.05) is 31.9 Å². The van der Waals surface area contributed by atoms with Gasteiger partial charge in [0.05, 0.1) is 12.4 Å². The largest absolute Gasteiger partial charge is 0.368 e. The van der Waals surface area contributed by atoms with Crippen molar-refractivity contribution in [2.45, 2.75) is 26.2 Å². The summed E-state index contributed by atoms with van der Waals surface area (Å²) in [6.07, 6.45) is 2.44. The molecular formula is C18H23FN4. The molecule has 1 aliphatic rings. The van der Waals surface area contributed by atoms with Gasteiger partial charge in [-0.15, -0.1) is 0 Å². The Labute approximate surface area is 137 Å². The topological polar surface area (TPSA) is 32.3 Å². The molecule has 1 aliphatic heterocycles. The van der Waals surface area contributed by atoms with Crippen molar-refractivity contribution in [3.05, 3.63) is 48.0 Å². The third kappa shape index (κ3) is 3.60. The predicted octanol–water partition coefficient (Wildman–Crippen LogP) is 3.24. The molecule has 0 radical (unpaired) electrons. The molecule has 1 aromatic heterocycles. The van der Waals surface area contributed by atoms with E-state index in [1.165, 1.54) is 23.6 Å². The van der Waals surface area contributed by atoms with E-state index in [1.54, 1.807) is 0 Å². The van der Waals surface area contributed by atoms with Gasteiger partial charge in [0.25, 0.3) is 0 Å². The Hall–Kier alpha value is -2.17. The van der Waals surface area contributed by atoms with E-state index in [1.807, 2.05) is 0 Å². The van der Waals surface area contributed by atoms with Crippen molar-refractivity contribution in [1.82, 2.24) is 9.97 Å². The SMILES string of the molecule is CC(C)(C)c1ccc(N2CCN(c3ncc(F)cn3)CC2)cc1. The second-order valence-electron chi connectivity index (χ2n) is 6.97. The van der Waals surface area contributed by atoms with E-state index in [2.05, 4.69) is 64.8 Å². The number of hydrogen-bond donors (Lipinski definition) is 0. The monoisotopic (exact) mass is 314 g/mol. The summed E-state index contributed by atoms with van der Waals surface area (Å²) in [6, 6.07) is 8.82. The van der Waals surface area contributed by atoms with Gasteiger partial charge in [0.15, 0.2) is 5.82 Å². The van der Waals surface area contributed by atoms with Gasteiger partial charge in [0.2, 0.25) is 5.95 Å². The van der Waals surface area contributed by atoms with Gasteiger partial charge in [-0.3, -0.25) is 0 Å². The summed E-state index contributed by atoms with van der Waals surface area (Å²) in [4.78, 5) is 12.6. The molecule has 0 aliphatic carbocycles. The number of aromatic nitrogens is 2. The minimum Gasteiger partial charge on any atom is -0.368 e. The van der Waals surface area contributed by atoms with Crippen LogP contribution in [0.4, 0.5) is 16.0 Å². The summed E-state index contributed by atoms with van der Waals surface area (Å²) in [6.45, 7) is 10.2. The van der Waals surface area contributed by atoms with Crippen molar-refractivity contribution >= 4 is 11.6 Å². The summed E-state index contributed by atoms with van der Waals surface area (Å²) < 4.78 is 12.9. The van der Waals surface area contributed by atoms with Crippen LogP contribution in [0.2, 0.25) is 0 Å². The van der Waals surface area contributed by atoms with Gasteiger partial charge in [-0.05, 0) is 23.1 Å².